The van der Waals surface area contributed by atoms with E-state index < -0.39 is 0 Å². The Balaban J connectivity index is 2.01. The van der Waals surface area contributed by atoms with Gasteiger partial charge >= 0.3 is 0 Å². The molecule has 1 heterocycles. The van der Waals surface area contributed by atoms with Gasteiger partial charge in [-0.15, -0.1) is 0 Å². The number of piperidine rings is 1. The van der Waals surface area contributed by atoms with Crippen LogP contribution in [0.5, 0.6) is 5.75 Å². The normalized spacial score (nSPS) is 19.8. The largest absolute Gasteiger partial charge is 0.491 e. The van der Waals surface area contributed by atoms with Gasteiger partial charge in [-0.05, 0) is 43.9 Å². The zero-order valence-corrected chi connectivity index (χ0v) is 13.5. The fourth-order valence-corrected chi connectivity index (χ4v) is 2.77. The lowest BCUT2D eigenvalue weighted by atomic mass is 9.92. The minimum absolute atomic E-state index is 0.0579. The highest BCUT2D eigenvalue weighted by molar-refractivity contribution is 5.94. The monoisotopic (exact) mass is 306 g/mol. The van der Waals surface area contributed by atoms with E-state index in [0.29, 0.717) is 30.4 Å². The van der Waals surface area contributed by atoms with Crippen LogP contribution in [-0.2, 0) is 4.74 Å². The van der Waals surface area contributed by atoms with Gasteiger partial charge in [-0.3, -0.25) is 4.79 Å². The minimum Gasteiger partial charge on any atom is -0.491 e. The molecule has 1 saturated heterocycles. The number of rotatable bonds is 6. The number of nitrogens with zero attached hydrogens (tertiary/aromatic N) is 1. The molecular formula is C17H26N2O3. The summed E-state index contributed by atoms with van der Waals surface area (Å²) in [5.74, 6) is 1.14. The van der Waals surface area contributed by atoms with Crippen molar-refractivity contribution >= 4 is 5.91 Å². The minimum atomic E-state index is 0.0579. The summed E-state index contributed by atoms with van der Waals surface area (Å²) in [6, 6.07) is 7.46. The Morgan fingerprint density at radius 2 is 2.27 bits per heavy atom. The summed E-state index contributed by atoms with van der Waals surface area (Å²) in [6.45, 7) is 4.57. The number of carbonyl (C=O) groups excluding carboxylic acids is 1. The zero-order chi connectivity index (χ0) is 15.9. The van der Waals surface area contributed by atoms with Crippen LogP contribution in [0, 0.1) is 5.92 Å². The fraction of sp³-hybridized carbons (Fsp3) is 0.588. The Morgan fingerprint density at radius 3 is 3.00 bits per heavy atom. The number of carbonyl (C=O) groups is 1. The molecule has 2 atom stereocenters. The van der Waals surface area contributed by atoms with Crippen molar-refractivity contribution < 1.29 is 14.3 Å². The molecule has 2 rings (SSSR count). The predicted octanol–water partition coefficient (Wildman–Crippen LogP) is 1.91. The van der Waals surface area contributed by atoms with E-state index in [1.807, 2.05) is 30.0 Å². The van der Waals surface area contributed by atoms with Gasteiger partial charge in [0.2, 0.25) is 0 Å². The quantitative estimate of drug-likeness (QED) is 0.815. The van der Waals surface area contributed by atoms with E-state index in [1.165, 1.54) is 0 Å². The summed E-state index contributed by atoms with van der Waals surface area (Å²) in [5, 5.41) is 0. The van der Waals surface area contributed by atoms with Crippen LogP contribution >= 0.6 is 0 Å². The van der Waals surface area contributed by atoms with Crippen LogP contribution in [0.25, 0.3) is 0 Å². The Hall–Kier alpha value is -1.59. The number of amides is 1. The highest BCUT2D eigenvalue weighted by Crippen LogP contribution is 2.22. The average Bonchev–Trinajstić information content (AvgIpc) is 2.55. The van der Waals surface area contributed by atoms with Crippen molar-refractivity contribution in [1.29, 1.82) is 0 Å². The summed E-state index contributed by atoms with van der Waals surface area (Å²) in [6.07, 6.45) is 2.11. The van der Waals surface area contributed by atoms with Crippen molar-refractivity contribution in [2.75, 3.05) is 33.4 Å². The molecule has 1 aliphatic heterocycles. The third-order valence-electron chi connectivity index (χ3n) is 4.13. The van der Waals surface area contributed by atoms with Crippen LogP contribution in [0.4, 0.5) is 0 Å². The first-order valence-corrected chi connectivity index (χ1v) is 7.88. The second-order valence-electron chi connectivity index (χ2n) is 5.88. The second-order valence-corrected chi connectivity index (χ2v) is 5.88. The SMILES string of the molecule is COCCOc1cccc(C(=O)N2CCCC(C(C)N)C2)c1. The summed E-state index contributed by atoms with van der Waals surface area (Å²) in [5.41, 5.74) is 6.66. The van der Waals surface area contributed by atoms with E-state index in [-0.39, 0.29) is 11.9 Å². The molecule has 0 bridgehead atoms. The highest BCUT2D eigenvalue weighted by Gasteiger charge is 2.26. The number of hydrogen-bond acceptors (Lipinski definition) is 4. The van der Waals surface area contributed by atoms with Gasteiger partial charge in [-0.2, -0.15) is 0 Å². The van der Waals surface area contributed by atoms with E-state index in [0.717, 1.165) is 25.9 Å². The second kappa shape index (κ2) is 8.15. The third-order valence-corrected chi connectivity index (χ3v) is 4.13. The molecule has 1 aromatic rings. The van der Waals surface area contributed by atoms with Gasteiger partial charge in [0.25, 0.3) is 5.91 Å². The third kappa shape index (κ3) is 4.45. The smallest absolute Gasteiger partial charge is 0.253 e. The molecule has 22 heavy (non-hydrogen) atoms. The van der Waals surface area contributed by atoms with Crippen molar-refractivity contribution in [3.63, 3.8) is 0 Å². The topological polar surface area (TPSA) is 64.8 Å². The van der Waals surface area contributed by atoms with Crippen LogP contribution in [0.1, 0.15) is 30.1 Å². The average molecular weight is 306 g/mol. The number of hydrogen-bond donors (Lipinski definition) is 1. The molecule has 1 aliphatic rings. The molecule has 1 amide bonds. The summed E-state index contributed by atoms with van der Waals surface area (Å²) < 4.78 is 10.5. The van der Waals surface area contributed by atoms with Gasteiger partial charge in [0.15, 0.2) is 0 Å². The van der Waals surface area contributed by atoms with Crippen LogP contribution < -0.4 is 10.5 Å². The van der Waals surface area contributed by atoms with Crippen molar-refractivity contribution in [2.24, 2.45) is 11.7 Å². The maximum atomic E-state index is 12.7. The molecule has 1 fully saturated rings. The lowest BCUT2D eigenvalue weighted by Gasteiger charge is -2.34. The van der Waals surface area contributed by atoms with Crippen LogP contribution in [0.3, 0.4) is 0 Å². The molecule has 2 unspecified atom stereocenters. The van der Waals surface area contributed by atoms with E-state index in [4.69, 9.17) is 15.2 Å². The van der Waals surface area contributed by atoms with E-state index in [9.17, 15) is 4.79 Å². The molecule has 5 heteroatoms. The Morgan fingerprint density at radius 1 is 1.45 bits per heavy atom. The lowest BCUT2D eigenvalue weighted by molar-refractivity contribution is 0.0660. The molecule has 1 aromatic carbocycles. The van der Waals surface area contributed by atoms with Crippen molar-refractivity contribution in [2.45, 2.75) is 25.8 Å². The zero-order valence-electron chi connectivity index (χ0n) is 13.5. The molecular weight excluding hydrogens is 280 g/mol. The molecule has 0 aliphatic carbocycles. The summed E-state index contributed by atoms with van der Waals surface area (Å²) in [4.78, 5) is 14.6. The van der Waals surface area contributed by atoms with E-state index in [2.05, 4.69) is 0 Å². The number of benzene rings is 1. The number of likely N-dealkylation sites (tertiary alicyclic amines) is 1. The highest BCUT2D eigenvalue weighted by atomic mass is 16.5. The molecule has 0 saturated carbocycles. The molecule has 0 spiro atoms. The fourth-order valence-electron chi connectivity index (χ4n) is 2.77. The van der Waals surface area contributed by atoms with Crippen LogP contribution in [-0.4, -0.2) is 50.3 Å². The molecule has 0 aromatic heterocycles. The maximum Gasteiger partial charge on any atom is 0.253 e. The molecule has 2 N–H and O–H groups in total. The predicted molar refractivity (Wildman–Crippen MR) is 86.1 cm³/mol. The number of ether oxygens (including phenoxy) is 2. The first-order chi connectivity index (χ1) is 10.6. The van der Waals surface area contributed by atoms with Gasteiger partial charge in [-0.25, -0.2) is 0 Å². The van der Waals surface area contributed by atoms with E-state index in [1.54, 1.807) is 13.2 Å². The van der Waals surface area contributed by atoms with Crippen LogP contribution in [0.15, 0.2) is 24.3 Å². The summed E-state index contributed by atoms with van der Waals surface area (Å²) >= 11 is 0. The molecule has 0 radical (unpaired) electrons. The first-order valence-electron chi connectivity index (χ1n) is 7.88. The van der Waals surface area contributed by atoms with Gasteiger partial charge in [0, 0.05) is 31.8 Å². The van der Waals surface area contributed by atoms with Gasteiger partial charge in [0.05, 0.1) is 6.61 Å². The van der Waals surface area contributed by atoms with Gasteiger partial charge in [-0.1, -0.05) is 6.07 Å². The number of nitrogens with two attached hydrogens (primary N) is 1. The van der Waals surface area contributed by atoms with Crippen LogP contribution in [0.2, 0.25) is 0 Å². The first kappa shape index (κ1) is 16.8. The maximum absolute atomic E-state index is 12.7. The van der Waals surface area contributed by atoms with Crippen molar-refractivity contribution in [3.8, 4) is 5.75 Å². The Labute approximate surface area is 132 Å². The van der Waals surface area contributed by atoms with Crippen molar-refractivity contribution in [3.05, 3.63) is 29.8 Å². The van der Waals surface area contributed by atoms with E-state index >= 15 is 0 Å². The summed E-state index contributed by atoms with van der Waals surface area (Å²) in [7, 11) is 1.63. The van der Waals surface area contributed by atoms with Crippen molar-refractivity contribution in [1.82, 2.24) is 4.90 Å². The van der Waals surface area contributed by atoms with Gasteiger partial charge in [0.1, 0.15) is 12.4 Å². The lowest BCUT2D eigenvalue weighted by Crippen LogP contribution is -2.45. The molecule has 122 valence electrons. The standard InChI is InChI=1S/C17H26N2O3/c1-13(18)15-6-4-8-19(12-15)17(20)14-5-3-7-16(11-14)22-10-9-21-2/h3,5,7,11,13,15H,4,6,8-10,12,18H2,1-2H3. The number of methoxy groups -OCH3 is 1. The van der Waals surface area contributed by atoms with Gasteiger partial charge < -0.3 is 20.1 Å². The molecule has 5 nitrogen and oxygen atoms in total. The Kier molecular flexibility index (Phi) is 6.21. The Bertz CT molecular complexity index is 491.